The first-order chi connectivity index (χ1) is 6.06. The van der Waals surface area contributed by atoms with Crippen LogP contribution in [-0.4, -0.2) is 4.98 Å². The van der Waals surface area contributed by atoms with Gasteiger partial charge in [-0.3, -0.25) is 4.98 Å². The quantitative estimate of drug-likeness (QED) is 0.778. The maximum absolute atomic E-state index is 12.6. The molecule has 0 fully saturated rings. The number of nitrogens with zero attached hydrogens (tertiary/aromatic N) is 1. The summed E-state index contributed by atoms with van der Waals surface area (Å²) in [5.41, 5.74) is 6.32. The summed E-state index contributed by atoms with van der Waals surface area (Å²) < 4.78 is 12.6. The normalized spacial score (nSPS) is 15.4. The summed E-state index contributed by atoms with van der Waals surface area (Å²) in [6.45, 7) is 3.98. The monoisotopic (exact) mass is 182 g/mol. The van der Waals surface area contributed by atoms with Crippen molar-refractivity contribution in [3.8, 4) is 0 Å². The molecule has 1 unspecified atom stereocenters. The number of halogens is 1. The predicted octanol–water partition coefficient (Wildman–Crippen LogP) is 2.19. The van der Waals surface area contributed by atoms with Crippen LogP contribution in [0.3, 0.4) is 0 Å². The Kier molecular flexibility index (Phi) is 2.98. The fraction of sp³-hybridized carbons (Fsp3) is 0.500. The average molecular weight is 182 g/mol. The number of aromatic nitrogens is 1. The molecule has 3 heteroatoms. The highest BCUT2D eigenvalue weighted by Crippen LogP contribution is 2.20. The van der Waals surface area contributed by atoms with Crippen molar-refractivity contribution in [2.75, 3.05) is 0 Å². The number of hydrogen-bond acceptors (Lipinski definition) is 2. The molecule has 0 aliphatic carbocycles. The summed E-state index contributed by atoms with van der Waals surface area (Å²) in [5.74, 6) is -0.323. The van der Waals surface area contributed by atoms with Crippen molar-refractivity contribution in [1.82, 2.24) is 4.98 Å². The van der Waals surface area contributed by atoms with E-state index in [1.165, 1.54) is 12.3 Å². The summed E-state index contributed by atoms with van der Waals surface area (Å²) in [7, 11) is 0. The SMILES string of the molecule is CCCC(C)(N)c1ccc(F)cn1. The summed E-state index contributed by atoms with van der Waals surface area (Å²) in [6.07, 6.45) is 3.05. The Bertz CT molecular complexity index is 267. The molecule has 1 heterocycles. The molecule has 0 aromatic carbocycles. The average Bonchev–Trinajstić information content (AvgIpc) is 2.05. The number of rotatable bonds is 3. The molecule has 13 heavy (non-hydrogen) atoms. The maximum atomic E-state index is 12.6. The van der Waals surface area contributed by atoms with E-state index in [4.69, 9.17) is 5.73 Å². The smallest absolute Gasteiger partial charge is 0.141 e. The van der Waals surface area contributed by atoms with Gasteiger partial charge in [0.05, 0.1) is 17.4 Å². The topological polar surface area (TPSA) is 38.9 Å². The highest BCUT2D eigenvalue weighted by atomic mass is 19.1. The molecule has 0 radical (unpaired) electrons. The van der Waals surface area contributed by atoms with Crippen molar-refractivity contribution in [3.05, 3.63) is 29.8 Å². The highest BCUT2D eigenvalue weighted by Gasteiger charge is 2.21. The van der Waals surface area contributed by atoms with E-state index in [1.54, 1.807) is 6.07 Å². The Morgan fingerprint density at radius 2 is 2.23 bits per heavy atom. The summed E-state index contributed by atoms with van der Waals surface area (Å²) in [4.78, 5) is 3.97. The van der Waals surface area contributed by atoms with Gasteiger partial charge in [-0.2, -0.15) is 0 Å². The van der Waals surface area contributed by atoms with Crippen molar-refractivity contribution in [3.63, 3.8) is 0 Å². The fourth-order valence-electron chi connectivity index (χ4n) is 1.36. The van der Waals surface area contributed by atoms with Crippen LogP contribution >= 0.6 is 0 Å². The lowest BCUT2D eigenvalue weighted by atomic mass is 9.93. The van der Waals surface area contributed by atoms with Gasteiger partial charge in [0.15, 0.2) is 0 Å². The Morgan fingerprint density at radius 1 is 1.54 bits per heavy atom. The van der Waals surface area contributed by atoms with Gasteiger partial charge in [0.25, 0.3) is 0 Å². The lowest BCUT2D eigenvalue weighted by Gasteiger charge is -2.22. The lowest BCUT2D eigenvalue weighted by Crippen LogP contribution is -2.33. The molecule has 1 aromatic heterocycles. The minimum atomic E-state index is -0.442. The molecule has 1 atom stereocenters. The lowest BCUT2D eigenvalue weighted by molar-refractivity contribution is 0.432. The van der Waals surface area contributed by atoms with E-state index in [1.807, 2.05) is 6.92 Å². The van der Waals surface area contributed by atoms with Crippen LogP contribution in [-0.2, 0) is 5.54 Å². The first kappa shape index (κ1) is 10.1. The number of nitrogens with two attached hydrogens (primary N) is 1. The van der Waals surface area contributed by atoms with Gasteiger partial charge in [0.1, 0.15) is 5.82 Å². The van der Waals surface area contributed by atoms with Crippen LogP contribution in [0.2, 0.25) is 0 Å². The molecule has 0 aliphatic heterocycles. The molecular weight excluding hydrogens is 167 g/mol. The maximum Gasteiger partial charge on any atom is 0.141 e. The van der Waals surface area contributed by atoms with Gasteiger partial charge in [-0.1, -0.05) is 13.3 Å². The molecule has 0 bridgehead atoms. The van der Waals surface area contributed by atoms with Crippen LogP contribution in [0.25, 0.3) is 0 Å². The summed E-state index contributed by atoms with van der Waals surface area (Å²) in [5, 5.41) is 0. The predicted molar refractivity (Wildman–Crippen MR) is 50.6 cm³/mol. The van der Waals surface area contributed by atoms with Crippen LogP contribution in [0.1, 0.15) is 32.4 Å². The van der Waals surface area contributed by atoms with Crippen molar-refractivity contribution in [2.24, 2.45) is 5.73 Å². The van der Waals surface area contributed by atoms with Crippen LogP contribution in [0.15, 0.2) is 18.3 Å². The third-order valence-corrected chi connectivity index (χ3v) is 2.08. The molecule has 1 rings (SSSR count). The van der Waals surface area contributed by atoms with E-state index in [2.05, 4.69) is 11.9 Å². The minimum Gasteiger partial charge on any atom is -0.320 e. The molecular formula is C10H15FN2. The number of pyridine rings is 1. The zero-order chi connectivity index (χ0) is 9.90. The molecule has 0 saturated heterocycles. The Balaban J connectivity index is 2.87. The van der Waals surface area contributed by atoms with E-state index in [-0.39, 0.29) is 5.82 Å². The largest absolute Gasteiger partial charge is 0.320 e. The zero-order valence-corrected chi connectivity index (χ0v) is 8.05. The van der Waals surface area contributed by atoms with Crippen LogP contribution in [0, 0.1) is 5.82 Å². The second kappa shape index (κ2) is 3.83. The van der Waals surface area contributed by atoms with Crippen molar-refractivity contribution in [1.29, 1.82) is 0 Å². The fourth-order valence-corrected chi connectivity index (χ4v) is 1.36. The van der Waals surface area contributed by atoms with Gasteiger partial charge in [0, 0.05) is 0 Å². The molecule has 2 N–H and O–H groups in total. The first-order valence-corrected chi connectivity index (χ1v) is 4.47. The second-order valence-electron chi connectivity index (χ2n) is 3.53. The van der Waals surface area contributed by atoms with E-state index in [0.717, 1.165) is 18.5 Å². The third-order valence-electron chi connectivity index (χ3n) is 2.08. The molecule has 0 saturated carbocycles. The van der Waals surface area contributed by atoms with Crippen LogP contribution in [0.5, 0.6) is 0 Å². The third kappa shape index (κ3) is 2.49. The van der Waals surface area contributed by atoms with E-state index >= 15 is 0 Å². The molecule has 2 nitrogen and oxygen atoms in total. The second-order valence-corrected chi connectivity index (χ2v) is 3.53. The summed E-state index contributed by atoms with van der Waals surface area (Å²) in [6, 6.07) is 3.04. The first-order valence-electron chi connectivity index (χ1n) is 4.47. The summed E-state index contributed by atoms with van der Waals surface area (Å²) >= 11 is 0. The van der Waals surface area contributed by atoms with E-state index < -0.39 is 5.54 Å². The van der Waals surface area contributed by atoms with Crippen LogP contribution in [0.4, 0.5) is 4.39 Å². The standard InChI is InChI=1S/C10H15FN2/c1-3-6-10(2,12)9-5-4-8(11)7-13-9/h4-5,7H,3,6,12H2,1-2H3. The Labute approximate surface area is 78.0 Å². The van der Waals surface area contributed by atoms with Gasteiger partial charge in [0.2, 0.25) is 0 Å². The van der Waals surface area contributed by atoms with E-state index in [0.29, 0.717) is 0 Å². The Morgan fingerprint density at radius 3 is 2.69 bits per heavy atom. The number of hydrogen-bond donors (Lipinski definition) is 1. The molecule has 72 valence electrons. The van der Waals surface area contributed by atoms with E-state index in [9.17, 15) is 4.39 Å². The minimum absolute atomic E-state index is 0.323. The van der Waals surface area contributed by atoms with Gasteiger partial charge in [-0.05, 0) is 25.5 Å². The molecule has 0 amide bonds. The Hall–Kier alpha value is -0.960. The van der Waals surface area contributed by atoms with Gasteiger partial charge in [-0.25, -0.2) is 4.39 Å². The van der Waals surface area contributed by atoms with Crippen molar-refractivity contribution >= 4 is 0 Å². The van der Waals surface area contributed by atoms with Crippen molar-refractivity contribution < 1.29 is 4.39 Å². The van der Waals surface area contributed by atoms with Gasteiger partial charge >= 0.3 is 0 Å². The van der Waals surface area contributed by atoms with Crippen LogP contribution < -0.4 is 5.73 Å². The highest BCUT2D eigenvalue weighted by molar-refractivity contribution is 5.14. The van der Waals surface area contributed by atoms with Gasteiger partial charge in [-0.15, -0.1) is 0 Å². The van der Waals surface area contributed by atoms with Gasteiger partial charge < -0.3 is 5.73 Å². The zero-order valence-electron chi connectivity index (χ0n) is 8.05. The molecule has 0 spiro atoms. The molecule has 0 aliphatic rings. The molecule has 1 aromatic rings. The van der Waals surface area contributed by atoms with Crippen molar-refractivity contribution in [2.45, 2.75) is 32.2 Å².